The lowest BCUT2D eigenvalue weighted by Crippen LogP contribution is -2.35. The van der Waals surface area contributed by atoms with Crippen molar-refractivity contribution in [1.29, 1.82) is 0 Å². The van der Waals surface area contributed by atoms with Crippen molar-refractivity contribution in [2.75, 3.05) is 0 Å². The number of hydrogen-bond acceptors (Lipinski definition) is 4. The van der Waals surface area contributed by atoms with Gasteiger partial charge in [0.1, 0.15) is 0 Å². The molecular weight excluding hydrogens is 238 g/mol. The summed E-state index contributed by atoms with van der Waals surface area (Å²) in [5.74, 6) is 6.44. The van der Waals surface area contributed by atoms with Crippen LogP contribution in [0, 0.1) is 5.92 Å². The molecule has 1 aliphatic carbocycles. The third kappa shape index (κ3) is 3.76. The third-order valence-corrected chi connectivity index (χ3v) is 4.20. The Hall–Kier alpha value is -0.940. The molecule has 1 heterocycles. The van der Waals surface area contributed by atoms with Gasteiger partial charge in [-0.05, 0) is 25.2 Å². The number of aromatic nitrogens is 3. The van der Waals surface area contributed by atoms with Crippen LogP contribution in [0.5, 0.6) is 0 Å². The Morgan fingerprint density at radius 2 is 2.00 bits per heavy atom. The minimum atomic E-state index is 0.194. The van der Waals surface area contributed by atoms with Gasteiger partial charge in [0.05, 0.1) is 17.9 Å². The predicted octanol–water partition coefficient (Wildman–Crippen LogP) is 2.55. The van der Waals surface area contributed by atoms with Crippen LogP contribution in [-0.4, -0.2) is 15.0 Å². The Labute approximate surface area is 115 Å². The van der Waals surface area contributed by atoms with Crippen LogP contribution in [-0.2, 0) is 6.54 Å². The van der Waals surface area contributed by atoms with E-state index in [4.69, 9.17) is 5.84 Å². The van der Waals surface area contributed by atoms with Crippen molar-refractivity contribution in [3.63, 3.8) is 0 Å². The minimum Gasteiger partial charge on any atom is -0.271 e. The van der Waals surface area contributed by atoms with Gasteiger partial charge in [-0.2, -0.15) is 0 Å². The number of rotatable bonds is 5. The molecule has 3 N–H and O–H groups in total. The van der Waals surface area contributed by atoms with E-state index in [2.05, 4.69) is 22.7 Å². The first-order valence-corrected chi connectivity index (χ1v) is 7.71. The Bertz CT molecular complexity index is 354. The molecule has 5 nitrogen and oxygen atoms in total. The molecule has 0 bridgehead atoms. The second kappa shape index (κ2) is 7.60. The predicted molar refractivity (Wildman–Crippen MR) is 76.2 cm³/mol. The molecule has 108 valence electrons. The summed E-state index contributed by atoms with van der Waals surface area (Å²) in [6, 6.07) is 0.194. The van der Waals surface area contributed by atoms with Gasteiger partial charge in [0.2, 0.25) is 0 Å². The second-order valence-electron chi connectivity index (χ2n) is 5.63. The van der Waals surface area contributed by atoms with Crippen LogP contribution in [0.15, 0.2) is 6.20 Å². The van der Waals surface area contributed by atoms with Gasteiger partial charge in [-0.25, -0.2) is 4.68 Å². The van der Waals surface area contributed by atoms with Gasteiger partial charge >= 0.3 is 0 Å². The first-order valence-electron chi connectivity index (χ1n) is 7.71. The van der Waals surface area contributed by atoms with Crippen LogP contribution in [0.2, 0.25) is 0 Å². The summed E-state index contributed by atoms with van der Waals surface area (Å²) in [5.41, 5.74) is 4.17. The first kappa shape index (κ1) is 14.5. The molecule has 0 aromatic carbocycles. The van der Waals surface area contributed by atoms with Crippen molar-refractivity contribution in [2.24, 2.45) is 11.8 Å². The lowest BCUT2D eigenvalue weighted by Gasteiger charge is -2.28. The molecule has 2 rings (SSSR count). The Morgan fingerprint density at radius 3 is 2.63 bits per heavy atom. The van der Waals surface area contributed by atoms with E-state index < -0.39 is 0 Å². The van der Waals surface area contributed by atoms with E-state index in [0.717, 1.165) is 18.7 Å². The zero-order chi connectivity index (χ0) is 13.5. The molecule has 19 heavy (non-hydrogen) atoms. The van der Waals surface area contributed by atoms with Gasteiger partial charge in [0.15, 0.2) is 0 Å². The molecule has 1 saturated carbocycles. The Morgan fingerprint density at radius 1 is 1.32 bits per heavy atom. The molecule has 1 aromatic rings. The molecule has 0 aliphatic heterocycles. The van der Waals surface area contributed by atoms with Crippen LogP contribution >= 0.6 is 0 Å². The fourth-order valence-electron chi connectivity index (χ4n) is 3.18. The number of nitrogens with zero attached hydrogens (tertiary/aromatic N) is 3. The van der Waals surface area contributed by atoms with E-state index in [-0.39, 0.29) is 6.04 Å². The summed E-state index contributed by atoms with van der Waals surface area (Å²) >= 11 is 0. The summed E-state index contributed by atoms with van der Waals surface area (Å²) in [5, 5.41) is 8.25. The van der Waals surface area contributed by atoms with E-state index in [1.807, 2.05) is 10.9 Å². The number of hydrogen-bond donors (Lipinski definition) is 2. The van der Waals surface area contributed by atoms with E-state index in [1.165, 1.54) is 44.9 Å². The maximum Gasteiger partial charge on any atom is 0.0772 e. The standard InChI is InChI=1S/C14H27N5/c1-2-10-19-13(11-16-18-19)14(17-15)12-8-6-4-3-5-7-9-12/h11-12,14,17H,2-10,15H2,1H3. The summed E-state index contributed by atoms with van der Waals surface area (Å²) in [6.45, 7) is 3.08. The fourth-order valence-corrected chi connectivity index (χ4v) is 3.18. The first-order chi connectivity index (χ1) is 9.36. The van der Waals surface area contributed by atoms with Gasteiger partial charge in [-0.1, -0.05) is 44.2 Å². The molecule has 0 spiro atoms. The third-order valence-electron chi connectivity index (χ3n) is 4.20. The van der Waals surface area contributed by atoms with Crippen LogP contribution < -0.4 is 11.3 Å². The van der Waals surface area contributed by atoms with Crippen LogP contribution in [0.4, 0.5) is 0 Å². The average Bonchev–Trinajstić information content (AvgIpc) is 2.81. The highest BCUT2D eigenvalue weighted by atomic mass is 15.4. The molecule has 0 amide bonds. The zero-order valence-electron chi connectivity index (χ0n) is 12.0. The summed E-state index contributed by atoms with van der Waals surface area (Å²) in [7, 11) is 0. The molecule has 5 heteroatoms. The van der Waals surface area contributed by atoms with E-state index in [1.54, 1.807) is 0 Å². The summed E-state index contributed by atoms with van der Waals surface area (Å²) in [4.78, 5) is 0. The largest absolute Gasteiger partial charge is 0.271 e. The number of nitrogens with one attached hydrogen (secondary N) is 1. The van der Waals surface area contributed by atoms with E-state index in [0.29, 0.717) is 5.92 Å². The molecular formula is C14H27N5. The molecule has 1 fully saturated rings. The van der Waals surface area contributed by atoms with Crippen molar-refractivity contribution in [1.82, 2.24) is 20.4 Å². The Kier molecular flexibility index (Phi) is 5.79. The van der Waals surface area contributed by atoms with Gasteiger partial charge in [-0.15, -0.1) is 5.10 Å². The number of aryl methyl sites for hydroxylation is 1. The maximum atomic E-state index is 5.83. The van der Waals surface area contributed by atoms with Crippen molar-refractivity contribution >= 4 is 0 Å². The highest BCUT2D eigenvalue weighted by molar-refractivity contribution is 5.04. The van der Waals surface area contributed by atoms with Gasteiger partial charge in [-0.3, -0.25) is 11.3 Å². The van der Waals surface area contributed by atoms with Crippen molar-refractivity contribution in [3.05, 3.63) is 11.9 Å². The summed E-state index contributed by atoms with van der Waals surface area (Å²) in [6.07, 6.45) is 12.2. The smallest absolute Gasteiger partial charge is 0.0772 e. The Balaban J connectivity index is 2.10. The van der Waals surface area contributed by atoms with Gasteiger partial charge < -0.3 is 0 Å². The molecule has 1 aromatic heterocycles. The maximum absolute atomic E-state index is 5.83. The van der Waals surface area contributed by atoms with Gasteiger partial charge in [0.25, 0.3) is 0 Å². The molecule has 0 saturated heterocycles. The lowest BCUT2D eigenvalue weighted by molar-refractivity contribution is 0.278. The van der Waals surface area contributed by atoms with Crippen molar-refractivity contribution < 1.29 is 0 Å². The summed E-state index contributed by atoms with van der Waals surface area (Å²) < 4.78 is 2.00. The van der Waals surface area contributed by atoms with Crippen LogP contribution in [0.3, 0.4) is 0 Å². The van der Waals surface area contributed by atoms with Crippen LogP contribution in [0.25, 0.3) is 0 Å². The average molecular weight is 265 g/mol. The molecule has 1 atom stereocenters. The van der Waals surface area contributed by atoms with E-state index >= 15 is 0 Å². The monoisotopic (exact) mass is 265 g/mol. The lowest BCUT2D eigenvalue weighted by atomic mass is 9.85. The highest BCUT2D eigenvalue weighted by Gasteiger charge is 2.25. The molecule has 0 radical (unpaired) electrons. The number of hydrazine groups is 1. The minimum absolute atomic E-state index is 0.194. The van der Waals surface area contributed by atoms with Crippen LogP contribution in [0.1, 0.15) is 70.0 Å². The second-order valence-corrected chi connectivity index (χ2v) is 5.63. The normalized spacial score (nSPS) is 19.9. The molecule has 1 aliphatic rings. The van der Waals surface area contributed by atoms with Crippen molar-refractivity contribution in [3.8, 4) is 0 Å². The SMILES string of the molecule is CCCn1nncc1C(NN)C1CCCCCCC1. The molecule has 1 unspecified atom stereocenters. The topological polar surface area (TPSA) is 68.8 Å². The van der Waals surface area contributed by atoms with E-state index in [9.17, 15) is 0 Å². The van der Waals surface area contributed by atoms with Gasteiger partial charge in [0, 0.05) is 6.54 Å². The zero-order valence-corrected chi connectivity index (χ0v) is 12.0. The van der Waals surface area contributed by atoms with Crippen molar-refractivity contribution in [2.45, 2.75) is 70.9 Å². The number of nitrogens with two attached hydrogens (primary N) is 1. The highest BCUT2D eigenvalue weighted by Crippen LogP contribution is 2.32. The fraction of sp³-hybridized carbons (Fsp3) is 0.857. The quantitative estimate of drug-likeness (QED) is 0.634.